The van der Waals surface area contributed by atoms with Crippen LogP contribution in [0.15, 0.2) is 28.1 Å². The minimum Gasteiger partial charge on any atom is -0.493 e. The fraction of sp³-hybridized carbons (Fsp3) is 0.267. The van der Waals surface area contributed by atoms with Crippen LogP contribution in [0.4, 0.5) is 5.69 Å². The molecule has 0 spiro atoms. The third kappa shape index (κ3) is 3.77. The Morgan fingerprint density at radius 3 is 2.67 bits per heavy atom. The number of methoxy groups -OCH3 is 1. The quantitative estimate of drug-likeness (QED) is 0.844. The second kappa shape index (κ2) is 6.95. The van der Waals surface area contributed by atoms with Crippen molar-refractivity contribution in [1.29, 1.82) is 0 Å². The lowest BCUT2D eigenvalue weighted by Crippen LogP contribution is -2.10. The van der Waals surface area contributed by atoms with E-state index in [0.717, 1.165) is 9.35 Å². The number of thiophene rings is 1. The second-order valence-electron chi connectivity index (χ2n) is 4.32. The molecule has 0 aliphatic carbocycles. The van der Waals surface area contributed by atoms with Crippen molar-refractivity contribution < 1.29 is 14.3 Å². The zero-order chi connectivity index (χ0) is 15.4. The van der Waals surface area contributed by atoms with E-state index >= 15 is 0 Å². The highest BCUT2D eigenvalue weighted by atomic mass is 79.9. The first-order valence-electron chi connectivity index (χ1n) is 6.43. The van der Waals surface area contributed by atoms with E-state index in [9.17, 15) is 4.79 Å². The van der Waals surface area contributed by atoms with Crippen molar-refractivity contribution in [2.24, 2.45) is 0 Å². The fourth-order valence-corrected chi connectivity index (χ4v) is 3.22. The summed E-state index contributed by atoms with van der Waals surface area (Å²) in [6.45, 7) is 4.39. The average Bonchev–Trinajstić information content (AvgIpc) is 2.80. The summed E-state index contributed by atoms with van der Waals surface area (Å²) in [5.41, 5.74) is 1.72. The summed E-state index contributed by atoms with van der Waals surface area (Å²) in [4.78, 5) is 12.9. The van der Waals surface area contributed by atoms with Gasteiger partial charge >= 0.3 is 0 Å². The van der Waals surface area contributed by atoms with Crippen LogP contribution >= 0.6 is 27.3 Å². The SMILES string of the molecule is CCOc1cc(NC(=O)c2cc(C)c(Br)s2)ccc1OC. The van der Waals surface area contributed by atoms with Crippen LogP contribution in [0.1, 0.15) is 22.2 Å². The van der Waals surface area contributed by atoms with E-state index in [1.54, 1.807) is 25.3 Å². The predicted molar refractivity (Wildman–Crippen MR) is 88.9 cm³/mol. The van der Waals surface area contributed by atoms with Gasteiger partial charge in [-0.05, 0) is 53.5 Å². The number of halogens is 1. The van der Waals surface area contributed by atoms with Crippen LogP contribution in [0.3, 0.4) is 0 Å². The van der Waals surface area contributed by atoms with Crippen molar-refractivity contribution in [3.05, 3.63) is 38.5 Å². The van der Waals surface area contributed by atoms with Gasteiger partial charge in [-0.2, -0.15) is 0 Å². The van der Waals surface area contributed by atoms with Crippen molar-refractivity contribution in [3.63, 3.8) is 0 Å². The highest BCUT2D eigenvalue weighted by Crippen LogP contribution is 2.31. The molecule has 0 aliphatic heterocycles. The molecule has 112 valence electrons. The Morgan fingerprint density at radius 1 is 1.33 bits per heavy atom. The molecule has 2 aromatic rings. The van der Waals surface area contributed by atoms with Crippen molar-refractivity contribution in [2.75, 3.05) is 19.0 Å². The largest absolute Gasteiger partial charge is 0.493 e. The van der Waals surface area contributed by atoms with Crippen molar-refractivity contribution in [2.45, 2.75) is 13.8 Å². The molecule has 2 rings (SSSR count). The van der Waals surface area contributed by atoms with E-state index < -0.39 is 0 Å². The predicted octanol–water partition coefficient (Wildman–Crippen LogP) is 4.48. The van der Waals surface area contributed by atoms with Crippen LogP contribution in [-0.2, 0) is 0 Å². The van der Waals surface area contributed by atoms with E-state index in [-0.39, 0.29) is 5.91 Å². The van der Waals surface area contributed by atoms with Gasteiger partial charge in [0.2, 0.25) is 0 Å². The molecular formula is C15H16BrNO3S. The van der Waals surface area contributed by atoms with Gasteiger partial charge in [0.1, 0.15) is 0 Å². The summed E-state index contributed by atoms with van der Waals surface area (Å²) in [6, 6.07) is 7.18. The average molecular weight is 370 g/mol. The lowest BCUT2D eigenvalue weighted by molar-refractivity contribution is 0.103. The van der Waals surface area contributed by atoms with Gasteiger partial charge in [-0.15, -0.1) is 11.3 Å². The first-order valence-corrected chi connectivity index (χ1v) is 8.04. The molecule has 1 heterocycles. The highest BCUT2D eigenvalue weighted by Gasteiger charge is 2.13. The number of anilines is 1. The number of ether oxygens (including phenoxy) is 2. The molecule has 0 bridgehead atoms. The van der Waals surface area contributed by atoms with Gasteiger partial charge in [0.05, 0.1) is 22.4 Å². The van der Waals surface area contributed by atoms with Crippen molar-refractivity contribution in [3.8, 4) is 11.5 Å². The number of nitrogens with one attached hydrogen (secondary N) is 1. The summed E-state index contributed by atoms with van der Waals surface area (Å²) in [5, 5.41) is 2.86. The molecular weight excluding hydrogens is 354 g/mol. The van der Waals surface area contributed by atoms with Crippen LogP contribution in [-0.4, -0.2) is 19.6 Å². The molecule has 21 heavy (non-hydrogen) atoms. The molecule has 1 aromatic heterocycles. The van der Waals surface area contributed by atoms with Gasteiger partial charge in [-0.1, -0.05) is 0 Å². The zero-order valence-corrected chi connectivity index (χ0v) is 14.4. The molecule has 4 nitrogen and oxygen atoms in total. The maximum Gasteiger partial charge on any atom is 0.265 e. The lowest BCUT2D eigenvalue weighted by Gasteiger charge is -2.11. The highest BCUT2D eigenvalue weighted by molar-refractivity contribution is 9.11. The van der Waals surface area contributed by atoms with Gasteiger partial charge in [0, 0.05) is 11.8 Å². The van der Waals surface area contributed by atoms with Gasteiger partial charge < -0.3 is 14.8 Å². The lowest BCUT2D eigenvalue weighted by atomic mass is 10.2. The number of rotatable bonds is 5. The minimum absolute atomic E-state index is 0.138. The van der Waals surface area contributed by atoms with Crippen molar-refractivity contribution >= 4 is 38.9 Å². The van der Waals surface area contributed by atoms with Gasteiger partial charge in [0.25, 0.3) is 5.91 Å². The maximum absolute atomic E-state index is 12.2. The summed E-state index contributed by atoms with van der Waals surface area (Å²) in [7, 11) is 1.59. The van der Waals surface area contributed by atoms with Gasteiger partial charge in [-0.25, -0.2) is 0 Å². The van der Waals surface area contributed by atoms with E-state index in [2.05, 4.69) is 21.2 Å². The van der Waals surface area contributed by atoms with E-state index in [0.29, 0.717) is 28.7 Å². The molecule has 1 aromatic carbocycles. The van der Waals surface area contributed by atoms with E-state index in [1.807, 2.05) is 19.9 Å². The fourth-order valence-electron chi connectivity index (χ4n) is 1.79. The molecule has 0 saturated heterocycles. The Balaban J connectivity index is 2.19. The number of carbonyl (C=O) groups excluding carboxylic acids is 1. The third-order valence-electron chi connectivity index (χ3n) is 2.80. The van der Waals surface area contributed by atoms with Crippen LogP contribution in [0.5, 0.6) is 11.5 Å². The Bertz CT molecular complexity index is 635. The van der Waals surface area contributed by atoms with Crippen LogP contribution in [0, 0.1) is 6.92 Å². The second-order valence-corrected chi connectivity index (χ2v) is 6.69. The summed E-state index contributed by atoms with van der Waals surface area (Å²) >= 11 is 4.84. The van der Waals surface area contributed by atoms with E-state index in [1.165, 1.54) is 11.3 Å². The Hall–Kier alpha value is -1.53. The summed E-state index contributed by atoms with van der Waals surface area (Å²) < 4.78 is 11.7. The van der Waals surface area contributed by atoms with Crippen LogP contribution < -0.4 is 14.8 Å². The molecule has 1 amide bonds. The molecule has 0 unspecified atom stereocenters. The molecule has 0 radical (unpaired) electrons. The molecule has 1 N–H and O–H groups in total. The topological polar surface area (TPSA) is 47.6 Å². The molecule has 0 atom stereocenters. The molecule has 6 heteroatoms. The number of carbonyl (C=O) groups is 1. The normalized spacial score (nSPS) is 10.3. The Kier molecular flexibility index (Phi) is 5.25. The van der Waals surface area contributed by atoms with E-state index in [4.69, 9.17) is 9.47 Å². The number of benzene rings is 1. The number of hydrogen-bond donors (Lipinski definition) is 1. The molecule has 0 fully saturated rings. The number of aryl methyl sites for hydroxylation is 1. The number of amides is 1. The van der Waals surface area contributed by atoms with Gasteiger partial charge in [-0.3, -0.25) is 4.79 Å². The van der Waals surface area contributed by atoms with Crippen molar-refractivity contribution in [1.82, 2.24) is 0 Å². The van der Waals surface area contributed by atoms with Gasteiger partial charge in [0.15, 0.2) is 11.5 Å². The van der Waals surface area contributed by atoms with Crippen LogP contribution in [0.2, 0.25) is 0 Å². The third-order valence-corrected chi connectivity index (χ3v) is 4.94. The molecule has 0 saturated carbocycles. The summed E-state index contributed by atoms with van der Waals surface area (Å²) in [5.74, 6) is 1.12. The maximum atomic E-state index is 12.2. The number of hydrogen-bond acceptors (Lipinski definition) is 4. The first kappa shape index (κ1) is 15.9. The monoisotopic (exact) mass is 369 g/mol. The summed E-state index contributed by atoms with van der Waals surface area (Å²) in [6.07, 6.45) is 0. The smallest absolute Gasteiger partial charge is 0.265 e. The standard InChI is InChI=1S/C15H16BrNO3S/c1-4-20-12-8-10(5-6-11(12)19-3)17-15(18)13-7-9(2)14(16)21-13/h5-8H,4H2,1-3H3,(H,17,18). The Labute approximate surface area is 136 Å². The van der Waals surface area contributed by atoms with Crippen LogP contribution in [0.25, 0.3) is 0 Å². The first-order chi connectivity index (χ1) is 10.0. The molecule has 0 aliphatic rings. The Morgan fingerprint density at radius 2 is 2.10 bits per heavy atom. The minimum atomic E-state index is -0.138. The zero-order valence-electron chi connectivity index (χ0n) is 12.0.